The molecule has 0 unspecified atom stereocenters. The van der Waals surface area contributed by atoms with E-state index in [0.717, 1.165) is 18.1 Å². The Kier molecular flexibility index (Phi) is 4.83. The van der Waals surface area contributed by atoms with Crippen LogP contribution in [0.4, 0.5) is 0 Å². The molecule has 1 N–H and O–H groups in total. The predicted octanol–water partition coefficient (Wildman–Crippen LogP) is 4.05. The number of aromatic nitrogens is 3. The van der Waals surface area contributed by atoms with Gasteiger partial charge in [0.2, 0.25) is 0 Å². The number of aryl methyl sites for hydroxylation is 1. The summed E-state index contributed by atoms with van der Waals surface area (Å²) >= 11 is 1.73. The molecule has 0 amide bonds. The summed E-state index contributed by atoms with van der Waals surface area (Å²) in [6.07, 6.45) is 3.82. The maximum absolute atomic E-state index is 4.78. The molecule has 2 heterocycles. The average molecular weight is 340 g/mol. The summed E-state index contributed by atoms with van der Waals surface area (Å²) in [5.41, 5.74) is 2.39. The van der Waals surface area contributed by atoms with Crippen LogP contribution in [0.5, 0.6) is 0 Å². The summed E-state index contributed by atoms with van der Waals surface area (Å²) in [6, 6.07) is 10.5. The van der Waals surface area contributed by atoms with E-state index in [1.54, 1.807) is 11.3 Å². The number of rotatable bonds is 5. The van der Waals surface area contributed by atoms with E-state index in [9.17, 15) is 0 Å². The Morgan fingerprint density at radius 2 is 1.96 bits per heavy atom. The zero-order chi connectivity index (χ0) is 17.2. The lowest BCUT2D eigenvalue weighted by Gasteiger charge is -2.19. The van der Waals surface area contributed by atoms with Crippen LogP contribution in [-0.4, -0.2) is 14.5 Å². The van der Waals surface area contributed by atoms with Crippen LogP contribution in [0.1, 0.15) is 48.9 Å². The second-order valence-electron chi connectivity index (χ2n) is 7.01. The van der Waals surface area contributed by atoms with Gasteiger partial charge in [-0.15, -0.1) is 11.3 Å². The molecule has 0 saturated carbocycles. The molecular weight excluding hydrogens is 316 g/mol. The van der Waals surface area contributed by atoms with Crippen LogP contribution in [0.3, 0.4) is 0 Å². The Morgan fingerprint density at radius 3 is 2.54 bits per heavy atom. The van der Waals surface area contributed by atoms with Gasteiger partial charge in [-0.1, -0.05) is 51.1 Å². The molecule has 3 aromatic rings. The smallest absolute Gasteiger partial charge is 0.130 e. The van der Waals surface area contributed by atoms with E-state index >= 15 is 0 Å². The van der Waals surface area contributed by atoms with Crippen molar-refractivity contribution in [2.24, 2.45) is 7.05 Å². The highest BCUT2D eigenvalue weighted by Crippen LogP contribution is 2.26. The Morgan fingerprint density at radius 1 is 1.21 bits per heavy atom. The second kappa shape index (κ2) is 6.87. The number of imidazole rings is 1. The minimum atomic E-state index is 0.0472. The van der Waals surface area contributed by atoms with Gasteiger partial charge >= 0.3 is 0 Å². The maximum Gasteiger partial charge on any atom is 0.130 e. The van der Waals surface area contributed by atoms with E-state index in [1.807, 2.05) is 25.5 Å². The van der Waals surface area contributed by atoms with Gasteiger partial charge in [0.1, 0.15) is 5.82 Å². The molecule has 0 radical (unpaired) electrons. The average Bonchev–Trinajstić information content (AvgIpc) is 3.18. The number of nitrogens with zero attached hydrogens (tertiary/aromatic N) is 3. The lowest BCUT2D eigenvalue weighted by molar-refractivity contribution is 0.546. The molecule has 0 bridgehead atoms. The standard InChI is InChI=1S/C19H24N4S/c1-19(2,3)18-22-15(13-24-18)12-21-16(14-8-6-5-7-9-14)17-20-10-11-23(17)4/h5-11,13,16,21H,12H2,1-4H3/t16-/m0/s1. The molecular formula is C19H24N4S. The number of hydrogen-bond donors (Lipinski definition) is 1. The van der Waals surface area contributed by atoms with Crippen molar-refractivity contribution in [2.75, 3.05) is 0 Å². The molecule has 0 spiro atoms. The maximum atomic E-state index is 4.78. The van der Waals surface area contributed by atoms with Gasteiger partial charge in [0.15, 0.2) is 0 Å². The Bertz CT molecular complexity index is 783. The number of thiazole rings is 1. The van der Waals surface area contributed by atoms with E-state index in [-0.39, 0.29) is 11.5 Å². The first-order valence-electron chi connectivity index (χ1n) is 8.15. The molecule has 5 heteroatoms. The summed E-state index contributed by atoms with van der Waals surface area (Å²) in [7, 11) is 2.03. The molecule has 24 heavy (non-hydrogen) atoms. The predicted molar refractivity (Wildman–Crippen MR) is 99.1 cm³/mol. The molecule has 1 aromatic carbocycles. The van der Waals surface area contributed by atoms with Gasteiger partial charge in [-0.05, 0) is 5.56 Å². The summed E-state index contributed by atoms with van der Waals surface area (Å²) in [4.78, 5) is 9.31. The van der Waals surface area contributed by atoms with Gasteiger partial charge in [0.25, 0.3) is 0 Å². The van der Waals surface area contributed by atoms with Crippen LogP contribution in [-0.2, 0) is 19.0 Å². The van der Waals surface area contributed by atoms with Crippen molar-refractivity contribution < 1.29 is 0 Å². The molecule has 4 nitrogen and oxygen atoms in total. The Labute approximate surface area is 147 Å². The topological polar surface area (TPSA) is 42.7 Å². The van der Waals surface area contributed by atoms with E-state index in [4.69, 9.17) is 4.98 Å². The highest BCUT2D eigenvalue weighted by molar-refractivity contribution is 7.09. The highest BCUT2D eigenvalue weighted by Gasteiger charge is 2.20. The van der Waals surface area contributed by atoms with Gasteiger partial charge in [-0.3, -0.25) is 5.32 Å². The van der Waals surface area contributed by atoms with Crippen LogP contribution in [0.15, 0.2) is 48.1 Å². The summed E-state index contributed by atoms with van der Waals surface area (Å²) in [5, 5.41) is 6.94. The minimum absolute atomic E-state index is 0.0472. The molecule has 126 valence electrons. The third-order valence-electron chi connectivity index (χ3n) is 3.93. The summed E-state index contributed by atoms with van der Waals surface area (Å²) in [6.45, 7) is 7.32. The zero-order valence-electron chi connectivity index (χ0n) is 14.7. The normalized spacial score (nSPS) is 13.2. The van der Waals surface area contributed by atoms with Gasteiger partial charge in [0, 0.05) is 36.8 Å². The SMILES string of the molecule is Cn1ccnc1[C@@H](NCc1csc(C(C)(C)C)n1)c1ccccc1. The molecule has 0 aliphatic heterocycles. The first-order valence-corrected chi connectivity index (χ1v) is 9.03. The van der Waals surface area contributed by atoms with Crippen LogP contribution in [0.25, 0.3) is 0 Å². The van der Waals surface area contributed by atoms with Crippen LogP contribution in [0, 0.1) is 0 Å². The summed E-state index contributed by atoms with van der Waals surface area (Å²) < 4.78 is 2.06. The Balaban J connectivity index is 1.81. The third kappa shape index (κ3) is 3.74. The summed E-state index contributed by atoms with van der Waals surface area (Å²) in [5.74, 6) is 1.01. The Hall–Kier alpha value is -1.98. The fraction of sp³-hybridized carbons (Fsp3) is 0.368. The monoisotopic (exact) mass is 340 g/mol. The first kappa shape index (κ1) is 16.9. The quantitative estimate of drug-likeness (QED) is 0.762. The molecule has 0 saturated heterocycles. The van der Waals surface area contributed by atoms with Crippen LogP contribution >= 0.6 is 11.3 Å². The van der Waals surface area contributed by atoms with Crippen molar-refractivity contribution in [1.29, 1.82) is 0 Å². The molecule has 0 aliphatic carbocycles. The van der Waals surface area contributed by atoms with Crippen LogP contribution < -0.4 is 5.32 Å². The van der Waals surface area contributed by atoms with E-state index in [0.29, 0.717) is 0 Å². The minimum Gasteiger partial charge on any atom is -0.336 e. The van der Waals surface area contributed by atoms with Crippen molar-refractivity contribution in [2.45, 2.75) is 38.8 Å². The first-order chi connectivity index (χ1) is 11.4. The van der Waals surface area contributed by atoms with Gasteiger partial charge in [0.05, 0.1) is 16.7 Å². The van der Waals surface area contributed by atoms with Gasteiger partial charge in [-0.25, -0.2) is 9.97 Å². The fourth-order valence-corrected chi connectivity index (χ4v) is 3.51. The van der Waals surface area contributed by atoms with E-state index in [1.165, 1.54) is 10.6 Å². The molecule has 2 aromatic heterocycles. The lowest BCUT2D eigenvalue weighted by Crippen LogP contribution is -2.25. The van der Waals surface area contributed by atoms with Crippen molar-refractivity contribution >= 4 is 11.3 Å². The molecule has 3 rings (SSSR count). The van der Waals surface area contributed by atoms with Gasteiger partial charge < -0.3 is 4.57 Å². The third-order valence-corrected chi connectivity index (χ3v) is 5.25. The van der Waals surface area contributed by atoms with Crippen LogP contribution in [0.2, 0.25) is 0 Å². The van der Waals surface area contributed by atoms with E-state index in [2.05, 4.69) is 65.3 Å². The highest BCUT2D eigenvalue weighted by atomic mass is 32.1. The largest absolute Gasteiger partial charge is 0.336 e. The van der Waals surface area contributed by atoms with E-state index < -0.39 is 0 Å². The molecule has 1 atom stereocenters. The number of hydrogen-bond acceptors (Lipinski definition) is 4. The lowest BCUT2D eigenvalue weighted by atomic mass is 9.98. The van der Waals surface area contributed by atoms with Crippen molar-refractivity contribution in [3.63, 3.8) is 0 Å². The second-order valence-corrected chi connectivity index (χ2v) is 7.87. The number of benzene rings is 1. The van der Waals surface area contributed by atoms with Gasteiger partial charge in [-0.2, -0.15) is 0 Å². The molecule has 0 fully saturated rings. The molecule has 0 aliphatic rings. The van der Waals surface area contributed by atoms with Crippen molar-refractivity contribution in [1.82, 2.24) is 19.9 Å². The zero-order valence-corrected chi connectivity index (χ0v) is 15.5. The number of nitrogens with one attached hydrogen (secondary N) is 1. The van der Waals surface area contributed by atoms with Crippen molar-refractivity contribution in [3.05, 3.63) is 70.2 Å². The fourth-order valence-electron chi connectivity index (χ4n) is 2.60. The van der Waals surface area contributed by atoms with Crippen molar-refractivity contribution in [3.8, 4) is 0 Å².